The standard InChI is InChI=1S/C8H15BrO3/c1-5-6(11-3)8(2,9)7(10)12-4/h6H,5H2,1-4H3/t6-,8-/m0/s1. The molecule has 0 saturated carbocycles. The normalized spacial score (nSPS) is 18.1. The van der Waals surface area contributed by atoms with Crippen LogP contribution in [0, 0.1) is 0 Å². The number of ether oxygens (including phenoxy) is 2. The Bertz CT molecular complexity index is 152. The fraction of sp³-hybridized carbons (Fsp3) is 0.875. The molecule has 12 heavy (non-hydrogen) atoms. The Morgan fingerprint density at radius 3 is 2.33 bits per heavy atom. The molecule has 2 atom stereocenters. The largest absolute Gasteiger partial charge is 0.468 e. The van der Waals surface area contributed by atoms with E-state index in [0.717, 1.165) is 6.42 Å². The predicted molar refractivity (Wildman–Crippen MR) is 50.4 cm³/mol. The maximum absolute atomic E-state index is 11.2. The Labute approximate surface area is 81.6 Å². The summed E-state index contributed by atoms with van der Waals surface area (Å²) in [6, 6.07) is 0. The summed E-state index contributed by atoms with van der Waals surface area (Å²) >= 11 is 3.29. The maximum atomic E-state index is 11.2. The molecular weight excluding hydrogens is 224 g/mol. The molecule has 0 saturated heterocycles. The van der Waals surface area contributed by atoms with Gasteiger partial charge in [0, 0.05) is 7.11 Å². The molecule has 0 N–H and O–H groups in total. The SMILES string of the molecule is CC[C@H](OC)[C@](C)(Br)C(=O)OC. The predicted octanol–water partition coefficient (Wildman–Crippen LogP) is 1.74. The van der Waals surface area contributed by atoms with Crippen LogP contribution < -0.4 is 0 Å². The van der Waals surface area contributed by atoms with Crippen molar-refractivity contribution in [2.75, 3.05) is 14.2 Å². The van der Waals surface area contributed by atoms with E-state index in [1.165, 1.54) is 7.11 Å². The molecule has 72 valence electrons. The molecule has 0 fully saturated rings. The van der Waals surface area contributed by atoms with Crippen LogP contribution in [0.2, 0.25) is 0 Å². The first-order valence-electron chi connectivity index (χ1n) is 3.80. The van der Waals surface area contributed by atoms with Crippen LogP contribution in [0.4, 0.5) is 0 Å². The number of alkyl halides is 1. The van der Waals surface area contributed by atoms with Crippen molar-refractivity contribution in [1.29, 1.82) is 0 Å². The number of hydrogen-bond acceptors (Lipinski definition) is 3. The van der Waals surface area contributed by atoms with E-state index >= 15 is 0 Å². The minimum atomic E-state index is -0.745. The molecule has 4 heteroatoms. The highest BCUT2D eigenvalue weighted by molar-refractivity contribution is 9.10. The van der Waals surface area contributed by atoms with E-state index in [1.807, 2.05) is 6.92 Å². The molecular formula is C8H15BrO3. The molecule has 0 unspecified atom stereocenters. The van der Waals surface area contributed by atoms with Crippen LogP contribution in [0.25, 0.3) is 0 Å². The Morgan fingerprint density at radius 2 is 2.08 bits per heavy atom. The lowest BCUT2D eigenvalue weighted by atomic mass is 10.0. The molecule has 0 rings (SSSR count). The van der Waals surface area contributed by atoms with Gasteiger partial charge in [-0.25, -0.2) is 0 Å². The monoisotopic (exact) mass is 238 g/mol. The number of methoxy groups -OCH3 is 2. The Balaban J connectivity index is 4.44. The van der Waals surface area contributed by atoms with E-state index in [9.17, 15) is 4.79 Å². The number of esters is 1. The van der Waals surface area contributed by atoms with Gasteiger partial charge in [0.05, 0.1) is 13.2 Å². The third-order valence-electron chi connectivity index (χ3n) is 1.84. The second-order valence-corrected chi connectivity index (χ2v) is 4.35. The van der Waals surface area contributed by atoms with Crippen LogP contribution >= 0.6 is 15.9 Å². The summed E-state index contributed by atoms with van der Waals surface area (Å²) in [5, 5.41) is 0. The number of hydrogen-bond donors (Lipinski definition) is 0. The molecule has 0 aliphatic carbocycles. The molecule has 0 aromatic heterocycles. The van der Waals surface area contributed by atoms with E-state index in [1.54, 1.807) is 14.0 Å². The molecule has 0 heterocycles. The van der Waals surface area contributed by atoms with Gasteiger partial charge in [0.1, 0.15) is 4.32 Å². The lowest BCUT2D eigenvalue weighted by Crippen LogP contribution is -2.42. The molecule has 0 bridgehead atoms. The Kier molecular flexibility index (Phi) is 4.78. The molecule has 0 aliphatic heterocycles. The smallest absolute Gasteiger partial charge is 0.325 e. The van der Waals surface area contributed by atoms with Gasteiger partial charge in [0.15, 0.2) is 0 Å². The van der Waals surface area contributed by atoms with E-state index in [2.05, 4.69) is 20.7 Å². The highest BCUT2D eigenvalue weighted by atomic mass is 79.9. The van der Waals surface area contributed by atoms with Gasteiger partial charge in [-0.15, -0.1) is 0 Å². The Morgan fingerprint density at radius 1 is 1.58 bits per heavy atom. The topological polar surface area (TPSA) is 35.5 Å². The molecule has 0 aromatic rings. The first-order valence-corrected chi connectivity index (χ1v) is 4.60. The van der Waals surface area contributed by atoms with E-state index in [4.69, 9.17) is 4.74 Å². The lowest BCUT2D eigenvalue weighted by Gasteiger charge is -2.27. The van der Waals surface area contributed by atoms with Gasteiger partial charge in [-0.1, -0.05) is 22.9 Å². The maximum Gasteiger partial charge on any atom is 0.325 e. The van der Waals surface area contributed by atoms with Gasteiger partial charge in [-0.3, -0.25) is 4.79 Å². The van der Waals surface area contributed by atoms with Gasteiger partial charge in [-0.05, 0) is 13.3 Å². The van der Waals surface area contributed by atoms with Crippen LogP contribution in [0.15, 0.2) is 0 Å². The number of halogens is 1. The van der Waals surface area contributed by atoms with Crippen molar-refractivity contribution in [3.8, 4) is 0 Å². The second-order valence-electron chi connectivity index (χ2n) is 2.70. The zero-order valence-electron chi connectivity index (χ0n) is 7.89. The van der Waals surface area contributed by atoms with Crippen molar-refractivity contribution < 1.29 is 14.3 Å². The second kappa shape index (κ2) is 4.82. The van der Waals surface area contributed by atoms with Gasteiger partial charge in [0.2, 0.25) is 0 Å². The fourth-order valence-corrected chi connectivity index (χ4v) is 1.77. The minimum absolute atomic E-state index is 0.162. The van der Waals surface area contributed by atoms with Gasteiger partial charge < -0.3 is 9.47 Å². The average molecular weight is 239 g/mol. The summed E-state index contributed by atoms with van der Waals surface area (Å²) in [5.41, 5.74) is 0. The summed E-state index contributed by atoms with van der Waals surface area (Å²) in [7, 11) is 2.95. The summed E-state index contributed by atoms with van der Waals surface area (Å²) in [5.74, 6) is -0.309. The van der Waals surface area contributed by atoms with Crippen molar-refractivity contribution in [2.45, 2.75) is 30.7 Å². The van der Waals surface area contributed by atoms with Crippen LogP contribution in [-0.4, -0.2) is 30.6 Å². The fourth-order valence-electron chi connectivity index (χ4n) is 1.10. The summed E-state index contributed by atoms with van der Waals surface area (Å²) in [6.07, 6.45) is 0.595. The molecule has 0 amide bonds. The van der Waals surface area contributed by atoms with Crippen LogP contribution in [-0.2, 0) is 14.3 Å². The van der Waals surface area contributed by atoms with Gasteiger partial charge >= 0.3 is 5.97 Å². The lowest BCUT2D eigenvalue weighted by molar-refractivity contribution is -0.146. The number of rotatable bonds is 4. The molecule has 0 spiro atoms. The van der Waals surface area contributed by atoms with Crippen molar-refractivity contribution in [3.05, 3.63) is 0 Å². The first-order chi connectivity index (χ1) is 5.50. The number of carbonyl (C=O) groups is 1. The summed E-state index contributed by atoms with van der Waals surface area (Å²) in [6.45, 7) is 3.70. The zero-order chi connectivity index (χ0) is 9.78. The quantitative estimate of drug-likeness (QED) is 0.553. The van der Waals surface area contributed by atoms with E-state index in [0.29, 0.717) is 0 Å². The first kappa shape index (κ1) is 11.9. The molecule has 0 aliphatic rings. The van der Waals surface area contributed by atoms with Gasteiger partial charge in [-0.2, -0.15) is 0 Å². The van der Waals surface area contributed by atoms with Crippen molar-refractivity contribution in [3.63, 3.8) is 0 Å². The van der Waals surface area contributed by atoms with Crippen LogP contribution in [0.5, 0.6) is 0 Å². The summed E-state index contributed by atoms with van der Waals surface area (Å²) in [4.78, 5) is 11.2. The number of carbonyl (C=O) groups excluding carboxylic acids is 1. The highest BCUT2D eigenvalue weighted by Crippen LogP contribution is 2.27. The van der Waals surface area contributed by atoms with E-state index < -0.39 is 4.32 Å². The van der Waals surface area contributed by atoms with Crippen molar-refractivity contribution in [1.82, 2.24) is 0 Å². The molecule has 3 nitrogen and oxygen atoms in total. The van der Waals surface area contributed by atoms with Crippen molar-refractivity contribution in [2.24, 2.45) is 0 Å². The average Bonchev–Trinajstić information content (AvgIpc) is 2.04. The van der Waals surface area contributed by atoms with Crippen LogP contribution in [0.1, 0.15) is 20.3 Å². The minimum Gasteiger partial charge on any atom is -0.468 e. The van der Waals surface area contributed by atoms with Gasteiger partial charge in [0.25, 0.3) is 0 Å². The van der Waals surface area contributed by atoms with Crippen molar-refractivity contribution >= 4 is 21.9 Å². The van der Waals surface area contributed by atoms with Crippen LogP contribution in [0.3, 0.4) is 0 Å². The zero-order valence-corrected chi connectivity index (χ0v) is 9.47. The molecule has 0 radical (unpaired) electrons. The third-order valence-corrected chi connectivity index (χ3v) is 2.68. The van der Waals surface area contributed by atoms with E-state index in [-0.39, 0.29) is 12.1 Å². The molecule has 0 aromatic carbocycles. The third kappa shape index (κ3) is 2.45. The Hall–Kier alpha value is -0.0900. The highest BCUT2D eigenvalue weighted by Gasteiger charge is 2.39. The summed E-state index contributed by atoms with van der Waals surface area (Å²) < 4.78 is 9.03.